The number of nitrogens with one attached hydrogen (secondary N) is 1. The fraction of sp³-hybridized carbons (Fsp3) is 0.611. The van der Waals surface area contributed by atoms with Crippen molar-refractivity contribution in [2.45, 2.75) is 54.1 Å². The van der Waals surface area contributed by atoms with Crippen LogP contribution in [0.2, 0.25) is 0 Å². The molecule has 0 bridgehead atoms. The molecule has 0 spiro atoms. The predicted octanol–water partition coefficient (Wildman–Crippen LogP) is 4.75. The van der Waals surface area contributed by atoms with E-state index in [-0.39, 0.29) is 11.6 Å². The van der Waals surface area contributed by atoms with Gasteiger partial charge in [-0.2, -0.15) is 0 Å². The molecule has 1 aromatic rings. The van der Waals surface area contributed by atoms with Gasteiger partial charge in [0.25, 0.3) is 0 Å². The van der Waals surface area contributed by atoms with Gasteiger partial charge in [-0.05, 0) is 0 Å². The van der Waals surface area contributed by atoms with Gasteiger partial charge in [-0.25, -0.2) is 0 Å². The van der Waals surface area contributed by atoms with E-state index in [1.165, 1.54) is 24.0 Å². The summed E-state index contributed by atoms with van der Waals surface area (Å²) in [6.45, 7) is 15.1. The molecule has 1 rings (SSSR count). The van der Waals surface area contributed by atoms with Crippen LogP contribution in [0.4, 0.5) is 5.69 Å². The standard InChI is InChI=1S/C18H32NOP/c1-8-21(9-2,10-3)16(7)18(20)19-17-14(5)11-13(4)12-15(17)6/h11-12,16,21H,8-10H2,1-7H3,(H,19,20). The van der Waals surface area contributed by atoms with Gasteiger partial charge in [0.15, 0.2) is 0 Å². The summed E-state index contributed by atoms with van der Waals surface area (Å²) in [6.07, 6.45) is 3.54. The summed E-state index contributed by atoms with van der Waals surface area (Å²) in [5, 5.41) is 3.21. The van der Waals surface area contributed by atoms with Crippen LogP contribution in [-0.2, 0) is 4.79 Å². The molecule has 1 amide bonds. The third-order valence-electron chi connectivity index (χ3n) is 5.35. The van der Waals surface area contributed by atoms with Crippen molar-refractivity contribution in [2.75, 3.05) is 23.8 Å². The Balaban J connectivity index is 3.01. The molecule has 1 unspecified atom stereocenters. The molecule has 120 valence electrons. The van der Waals surface area contributed by atoms with E-state index in [1.54, 1.807) is 0 Å². The van der Waals surface area contributed by atoms with Crippen molar-refractivity contribution in [3.63, 3.8) is 0 Å². The molecule has 0 aliphatic carbocycles. The van der Waals surface area contributed by atoms with Crippen molar-refractivity contribution in [1.29, 1.82) is 0 Å². The van der Waals surface area contributed by atoms with Gasteiger partial charge in [0.2, 0.25) is 0 Å². The molecule has 0 saturated carbocycles. The molecule has 0 radical (unpaired) electrons. The number of aryl methyl sites for hydroxylation is 3. The molecule has 21 heavy (non-hydrogen) atoms. The first-order valence-electron chi connectivity index (χ1n) is 8.20. The minimum absolute atomic E-state index is 0.164. The molecule has 0 aliphatic heterocycles. The van der Waals surface area contributed by atoms with Crippen LogP contribution in [0.25, 0.3) is 0 Å². The molecular formula is C18H32NOP. The Hall–Kier alpha value is -0.880. The zero-order valence-electron chi connectivity index (χ0n) is 14.8. The molecule has 0 aromatic heterocycles. The van der Waals surface area contributed by atoms with Gasteiger partial charge in [-0.3, -0.25) is 0 Å². The van der Waals surface area contributed by atoms with Gasteiger partial charge in [0.1, 0.15) is 0 Å². The Labute approximate surface area is 131 Å². The number of benzene rings is 1. The maximum absolute atomic E-state index is 12.7. The summed E-state index contributed by atoms with van der Waals surface area (Å²) >= 11 is 0. The van der Waals surface area contributed by atoms with E-state index in [4.69, 9.17) is 0 Å². The Bertz CT molecular complexity index is 475. The van der Waals surface area contributed by atoms with Crippen LogP contribution in [-0.4, -0.2) is 30.1 Å². The van der Waals surface area contributed by atoms with E-state index >= 15 is 0 Å². The van der Waals surface area contributed by atoms with E-state index in [0.717, 1.165) is 16.8 Å². The van der Waals surface area contributed by atoms with E-state index in [0.29, 0.717) is 0 Å². The second-order valence-corrected chi connectivity index (χ2v) is 12.1. The first-order chi connectivity index (χ1) is 9.81. The van der Waals surface area contributed by atoms with Crippen LogP contribution < -0.4 is 5.32 Å². The third-order valence-corrected chi connectivity index (χ3v) is 11.7. The van der Waals surface area contributed by atoms with Crippen LogP contribution in [0.1, 0.15) is 44.4 Å². The van der Waals surface area contributed by atoms with Crippen LogP contribution >= 0.6 is 7.26 Å². The normalized spacial score (nSPS) is 13.9. The van der Waals surface area contributed by atoms with Crippen molar-refractivity contribution in [1.82, 2.24) is 0 Å². The van der Waals surface area contributed by atoms with E-state index in [2.05, 4.69) is 65.9 Å². The fourth-order valence-corrected chi connectivity index (χ4v) is 7.52. The number of hydrogen-bond acceptors (Lipinski definition) is 1. The van der Waals surface area contributed by atoms with Crippen LogP contribution in [0.5, 0.6) is 0 Å². The summed E-state index contributed by atoms with van der Waals surface area (Å²) in [4.78, 5) is 12.7. The first kappa shape index (κ1) is 18.2. The molecule has 3 heteroatoms. The van der Waals surface area contributed by atoms with Crippen LogP contribution in [0.3, 0.4) is 0 Å². The monoisotopic (exact) mass is 309 g/mol. The molecule has 1 atom stereocenters. The summed E-state index contributed by atoms with van der Waals surface area (Å²) in [6, 6.07) is 4.27. The van der Waals surface area contributed by atoms with Crippen LogP contribution in [0, 0.1) is 20.8 Å². The van der Waals surface area contributed by atoms with E-state index in [9.17, 15) is 4.79 Å². The van der Waals surface area contributed by atoms with Gasteiger partial charge in [-0.1, -0.05) is 0 Å². The Morgan fingerprint density at radius 2 is 1.48 bits per heavy atom. The number of amides is 1. The molecular weight excluding hydrogens is 277 g/mol. The third kappa shape index (κ3) is 3.86. The molecule has 0 fully saturated rings. The quantitative estimate of drug-likeness (QED) is 0.755. The van der Waals surface area contributed by atoms with Gasteiger partial charge in [-0.15, -0.1) is 0 Å². The number of carbonyl (C=O) groups excluding carboxylic acids is 1. The molecule has 1 aromatic carbocycles. The summed E-state index contributed by atoms with van der Waals surface area (Å²) in [7, 11) is -1.50. The fourth-order valence-electron chi connectivity index (χ4n) is 3.56. The van der Waals surface area contributed by atoms with Crippen molar-refractivity contribution < 1.29 is 4.79 Å². The SMILES string of the molecule is CC[PH](CC)(CC)C(C)C(=O)Nc1c(C)cc(C)cc1C. The van der Waals surface area contributed by atoms with E-state index in [1.807, 2.05) is 0 Å². The second kappa shape index (κ2) is 7.40. The van der Waals surface area contributed by atoms with Crippen LogP contribution in [0.15, 0.2) is 12.1 Å². The summed E-state index contributed by atoms with van der Waals surface area (Å²) in [5.74, 6) is 0.210. The number of hydrogen-bond donors (Lipinski definition) is 1. The first-order valence-corrected chi connectivity index (χ1v) is 10.9. The Morgan fingerprint density at radius 3 is 1.86 bits per heavy atom. The van der Waals surface area contributed by atoms with Gasteiger partial charge >= 0.3 is 130 Å². The number of rotatable bonds is 6. The zero-order chi connectivity index (χ0) is 16.2. The molecule has 2 nitrogen and oxygen atoms in total. The van der Waals surface area contributed by atoms with Crippen molar-refractivity contribution in [3.8, 4) is 0 Å². The van der Waals surface area contributed by atoms with E-state index < -0.39 is 7.26 Å². The number of carbonyl (C=O) groups is 1. The predicted molar refractivity (Wildman–Crippen MR) is 98.7 cm³/mol. The zero-order valence-corrected chi connectivity index (χ0v) is 15.8. The van der Waals surface area contributed by atoms with Gasteiger partial charge in [0, 0.05) is 0 Å². The Morgan fingerprint density at radius 1 is 1.05 bits per heavy atom. The van der Waals surface area contributed by atoms with Crippen molar-refractivity contribution in [2.24, 2.45) is 0 Å². The van der Waals surface area contributed by atoms with Gasteiger partial charge in [0.05, 0.1) is 0 Å². The molecule has 0 heterocycles. The number of anilines is 1. The van der Waals surface area contributed by atoms with Crippen molar-refractivity contribution in [3.05, 3.63) is 28.8 Å². The molecule has 1 N–H and O–H groups in total. The Kier molecular flexibility index (Phi) is 6.41. The maximum atomic E-state index is 12.7. The van der Waals surface area contributed by atoms with Crippen molar-refractivity contribution >= 4 is 18.9 Å². The average molecular weight is 309 g/mol. The summed E-state index contributed by atoms with van der Waals surface area (Å²) < 4.78 is 0. The summed E-state index contributed by atoms with van der Waals surface area (Å²) in [5.41, 5.74) is 4.73. The average Bonchev–Trinajstić information content (AvgIpc) is 2.44. The molecule has 0 saturated heterocycles. The van der Waals surface area contributed by atoms with Gasteiger partial charge < -0.3 is 0 Å². The second-order valence-electron chi connectivity index (χ2n) is 6.41. The topological polar surface area (TPSA) is 29.1 Å². The molecule has 0 aliphatic rings. The minimum atomic E-state index is -1.50.